The average Bonchev–Trinajstić information content (AvgIpc) is 0.872. The summed E-state index contributed by atoms with van der Waals surface area (Å²) in [5.74, 6) is 15.6. The molecule has 128 heavy (non-hydrogen) atoms. The first-order valence-corrected chi connectivity index (χ1v) is 49.3. The van der Waals surface area contributed by atoms with Crippen molar-refractivity contribution in [3.8, 4) is 23.7 Å². The van der Waals surface area contributed by atoms with Crippen LogP contribution in [0.15, 0.2) is 115 Å². The van der Waals surface area contributed by atoms with Gasteiger partial charge in [-0.25, -0.2) is 4.98 Å². The lowest BCUT2D eigenvalue weighted by Crippen LogP contribution is -2.61. The molecule has 4 aromatic carbocycles. The van der Waals surface area contributed by atoms with Crippen LogP contribution < -0.4 is 9.80 Å². The van der Waals surface area contributed by atoms with E-state index in [0.29, 0.717) is 12.0 Å². The Morgan fingerprint density at radius 2 is 0.688 bits per heavy atom. The van der Waals surface area contributed by atoms with Crippen LogP contribution in [0.1, 0.15) is 281 Å². The van der Waals surface area contributed by atoms with Gasteiger partial charge in [-0.3, -0.25) is 29.1 Å². The minimum absolute atomic E-state index is 0. The Morgan fingerprint density at radius 3 is 1.05 bits per heavy atom. The normalized spacial score (nSPS) is 18.6. The number of hydrogen-bond donors (Lipinski definition) is 0. The van der Waals surface area contributed by atoms with Crippen molar-refractivity contribution in [3.05, 3.63) is 160 Å². The molecule has 17 nitrogen and oxygen atoms in total. The summed E-state index contributed by atoms with van der Waals surface area (Å²) in [5, 5.41) is 0. The van der Waals surface area contributed by atoms with Crippen LogP contribution in [0, 0.1) is 40.4 Å². The highest BCUT2D eigenvalue weighted by molar-refractivity contribution is 5.95. The molecule has 9 heterocycles. The number of carbonyl (C=O) groups is 3. The Labute approximate surface area is 783 Å². The van der Waals surface area contributed by atoms with Crippen LogP contribution in [0.25, 0.3) is 0 Å². The summed E-state index contributed by atoms with van der Waals surface area (Å²) in [5.41, 5.74) is 12.4. The second-order valence-electron chi connectivity index (χ2n) is 43.9. The molecule has 0 aliphatic carbocycles. The van der Waals surface area contributed by atoms with Gasteiger partial charge in [-0.15, -0.1) is 0 Å². The molecule has 1 aromatic heterocycles. The number of rotatable bonds is 13. The van der Waals surface area contributed by atoms with Gasteiger partial charge in [-0.1, -0.05) is 236 Å². The van der Waals surface area contributed by atoms with Crippen LogP contribution in [0.5, 0.6) is 0 Å². The number of amides is 3. The van der Waals surface area contributed by atoms with Crippen molar-refractivity contribution >= 4 is 29.2 Å². The standard InChI is InChI=1S/C17H26N2O.C17H28N2.C16H26N2O.C16H26N2.C16H23NO.C15H25N3.C13H24N2.CH4/c1-5-18-10-12-19(13-11-18)16(20)14-6-8-15(9-7-14)17(2,3)4;1-5-18-10-12-19(13-11-18)14-15-6-8-16(9-7-15)17(2,3)4;1-13(19)18-11-15(12-18)17-9-6-14(7-10-17)5-8-16(2,3)4;1-5-17-10-12-18(13-11-17)15-8-6-14(7-9-15)16(2,3)4;1-16(2,3)14-9-7-13(8-10-14)15(18)17-11-5-4-6-12-17;1-5-17-8-10-18(11-9-17)14-7-6-13(12-16-14)15(2,3)4;1-5-14-9-11-15(12-10-14)8-6-7-13(2,3)4;/h6-9H,5,10-13H2,1-4H3;6-9H,5,10-14H2,1-4H3;14-15H,6-7,9-12H2,1-4H3;6-9H,5,10-13H2,1-4H3;7-10H,4-6,11-12H2,1-3H3;6-7,12H,5,8-11H2,1-4H3;5,8-12H2,1-4H3;1H4. The van der Waals surface area contributed by atoms with Gasteiger partial charge in [-0.05, 0) is 222 Å². The maximum absolute atomic E-state index is 12.5. The van der Waals surface area contributed by atoms with E-state index in [9.17, 15) is 14.4 Å². The molecule has 8 aliphatic rings. The fourth-order valence-electron chi connectivity index (χ4n) is 16.7. The molecule has 8 saturated heterocycles. The topological polar surface area (TPSA) is 106 Å². The third-order valence-electron chi connectivity index (χ3n) is 26.2. The van der Waals surface area contributed by atoms with Crippen LogP contribution in [-0.4, -0.2) is 292 Å². The first-order valence-electron chi connectivity index (χ1n) is 49.3. The highest BCUT2D eigenvalue weighted by Gasteiger charge is 2.35. The number of piperidine rings is 2. The van der Waals surface area contributed by atoms with E-state index >= 15 is 0 Å². The van der Waals surface area contributed by atoms with Crippen molar-refractivity contribution in [3.63, 3.8) is 0 Å². The van der Waals surface area contributed by atoms with Gasteiger partial charge < -0.3 is 49.0 Å². The molecule has 8 fully saturated rings. The number of likely N-dealkylation sites (tertiary alicyclic amines) is 3. The van der Waals surface area contributed by atoms with Crippen LogP contribution in [0.2, 0.25) is 0 Å². The first-order chi connectivity index (χ1) is 59.7. The fraction of sp³-hybridized carbons (Fsp3) is 0.676. The zero-order chi connectivity index (χ0) is 93.5. The van der Waals surface area contributed by atoms with Crippen LogP contribution in [0.4, 0.5) is 11.5 Å². The quantitative estimate of drug-likeness (QED) is 0.104. The van der Waals surface area contributed by atoms with Gasteiger partial charge in [0.05, 0.1) is 6.54 Å². The maximum Gasteiger partial charge on any atom is 0.253 e. The molecule has 3 amide bonds. The predicted octanol–water partition coefficient (Wildman–Crippen LogP) is 19.4. The lowest BCUT2D eigenvalue weighted by Gasteiger charge is -2.47. The first kappa shape index (κ1) is 110. The van der Waals surface area contributed by atoms with Crippen molar-refractivity contribution in [2.75, 3.05) is 219 Å². The molecule has 714 valence electrons. The summed E-state index contributed by atoms with van der Waals surface area (Å²) in [6, 6.07) is 39.5. The van der Waals surface area contributed by atoms with Gasteiger partial charge in [0, 0.05) is 216 Å². The average molecular weight is 1760 g/mol. The summed E-state index contributed by atoms with van der Waals surface area (Å²) in [6.07, 6.45) is 7.94. The number of pyridine rings is 1. The zero-order valence-corrected chi connectivity index (χ0v) is 85.5. The van der Waals surface area contributed by atoms with E-state index in [-0.39, 0.29) is 63.1 Å². The molecule has 5 aromatic rings. The third kappa shape index (κ3) is 38.2. The molecule has 0 saturated carbocycles. The van der Waals surface area contributed by atoms with Crippen LogP contribution >= 0.6 is 0 Å². The van der Waals surface area contributed by atoms with E-state index < -0.39 is 0 Å². The zero-order valence-electron chi connectivity index (χ0n) is 85.5. The van der Waals surface area contributed by atoms with Crippen LogP contribution in [-0.2, 0) is 38.4 Å². The Kier molecular flexibility index (Phi) is 44.3. The number of aromatic nitrogens is 1. The molecular weight excluding hydrogens is 1580 g/mol. The van der Waals surface area contributed by atoms with E-state index in [4.69, 9.17) is 0 Å². The molecule has 0 unspecified atom stereocenters. The minimum atomic E-state index is 0. The number of benzene rings is 4. The Morgan fingerprint density at radius 1 is 0.352 bits per heavy atom. The van der Waals surface area contributed by atoms with E-state index in [0.717, 1.165) is 161 Å². The van der Waals surface area contributed by atoms with Gasteiger partial charge in [0.25, 0.3) is 11.8 Å². The predicted molar refractivity (Wildman–Crippen MR) is 547 cm³/mol. The monoisotopic (exact) mass is 1760 g/mol. The fourth-order valence-corrected chi connectivity index (χ4v) is 16.7. The van der Waals surface area contributed by atoms with E-state index in [1.807, 2.05) is 45.2 Å². The van der Waals surface area contributed by atoms with Gasteiger partial charge in [0.2, 0.25) is 5.91 Å². The van der Waals surface area contributed by atoms with Crippen LogP contribution in [0.3, 0.4) is 0 Å². The second-order valence-corrected chi connectivity index (χ2v) is 43.9. The smallest absolute Gasteiger partial charge is 0.253 e. The summed E-state index contributed by atoms with van der Waals surface area (Å²) >= 11 is 0. The molecule has 0 atom stereocenters. The molecule has 0 radical (unpaired) electrons. The Bertz CT molecular complexity index is 4030. The molecule has 17 heteroatoms. The Balaban J connectivity index is 0.000000230. The van der Waals surface area contributed by atoms with Gasteiger partial charge in [0.1, 0.15) is 5.82 Å². The van der Waals surface area contributed by atoms with Crippen molar-refractivity contribution in [2.45, 2.75) is 266 Å². The van der Waals surface area contributed by atoms with E-state index in [1.54, 1.807) is 6.92 Å². The lowest BCUT2D eigenvalue weighted by molar-refractivity contribution is -0.136. The highest BCUT2D eigenvalue weighted by atomic mass is 16.2. The van der Waals surface area contributed by atoms with Gasteiger partial charge >= 0.3 is 0 Å². The summed E-state index contributed by atoms with van der Waals surface area (Å²) in [7, 11) is 0. The molecule has 0 bridgehead atoms. The van der Waals surface area contributed by atoms with E-state index in [2.05, 4.69) is 343 Å². The molecule has 13 rings (SSSR count). The van der Waals surface area contributed by atoms with Gasteiger partial charge in [-0.2, -0.15) is 0 Å². The second kappa shape index (κ2) is 51.8. The highest BCUT2D eigenvalue weighted by Crippen LogP contribution is 2.31. The number of likely N-dealkylation sites (N-methyl/N-ethyl adjacent to an activating group) is 5. The third-order valence-corrected chi connectivity index (χ3v) is 26.2. The number of nitrogens with zero attached hydrogens (tertiary/aromatic N) is 14. The summed E-state index contributed by atoms with van der Waals surface area (Å²) in [6.45, 7) is 95.4. The van der Waals surface area contributed by atoms with Gasteiger partial charge in [0.15, 0.2) is 0 Å². The molecule has 8 aliphatic heterocycles. The number of anilines is 2. The molecule has 0 N–H and O–H groups in total. The Hall–Kier alpha value is -7.16. The van der Waals surface area contributed by atoms with Crippen molar-refractivity contribution in [1.29, 1.82) is 0 Å². The van der Waals surface area contributed by atoms with E-state index in [1.165, 1.54) is 143 Å². The number of piperazine rings is 5. The lowest BCUT2D eigenvalue weighted by atomic mass is 9.86. The number of carbonyl (C=O) groups excluding carboxylic acids is 3. The SMILES string of the molecule is C.CC(=O)N1CC(N2CCC(C#CC(C)(C)C)CC2)C1.CC(C)(C)c1ccc(C(=O)N2CCCCC2)cc1.CCN1CCN(C(=O)c2ccc(C(C)(C)C)cc2)CC1.CCN1CCN(CC#CC(C)(C)C)CC1.CCN1CCN(Cc2ccc(C(C)(C)C)cc2)CC1.CCN1CCN(c2ccc(C(C)(C)C)cc2)CC1.CCN1CCN(c2ccc(C(C)(C)C)cn2)CC1. The number of hydrogen-bond acceptors (Lipinski definition) is 14. The van der Waals surface area contributed by atoms with Crippen molar-refractivity contribution < 1.29 is 14.4 Å². The minimum Gasteiger partial charge on any atom is -0.369 e. The van der Waals surface area contributed by atoms with Crippen molar-refractivity contribution in [1.82, 2.24) is 58.9 Å². The summed E-state index contributed by atoms with van der Waals surface area (Å²) in [4.78, 5) is 71.3. The van der Waals surface area contributed by atoms with Crippen molar-refractivity contribution in [2.24, 2.45) is 16.7 Å². The molecule has 0 spiro atoms. The molecular formula is C111H182N14O3. The maximum atomic E-state index is 12.5. The largest absolute Gasteiger partial charge is 0.369 e. The summed E-state index contributed by atoms with van der Waals surface area (Å²) < 4.78 is 0.